The minimum Gasteiger partial charge on any atom is -0.508 e. The number of aliphatic carboxylic acids is 1. The lowest BCUT2D eigenvalue weighted by molar-refractivity contribution is -0.137. The van der Waals surface area contributed by atoms with Gasteiger partial charge in [0.25, 0.3) is 0 Å². The van der Waals surface area contributed by atoms with E-state index in [-0.39, 0.29) is 29.1 Å². The van der Waals surface area contributed by atoms with Crippen molar-refractivity contribution >= 4 is 15.8 Å². The topological polar surface area (TPSA) is 118 Å². The number of aromatic hydroxyl groups is 1. The van der Waals surface area contributed by atoms with Gasteiger partial charge in [0.2, 0.25) is 0 Å². The molecule has 0 aliphatic carbocycles. The van der Waals surface area contributed by atoms with E-state index in [1.165, 1.54) is 18.2 Å². The van der Waals surface area contributed by atoms with Gasteiger partial charge in [0.15, 0.2) is 9.84 Å². The molecular formula is C11H15NO5S. The first-order valence-electron chi connectivity index (χ1n) is 5.22. The molecule has 1 atom stereocenters. The maximum Gasteiger partial charge on any atom is 0.303 e. The Morgan fingerprint density at radius 2 is 2.06 bits per heavy atom. The third kappa shape index (κ3) is 3.71. The monoisotopic (exact) mass is 273 g/mol. The number of sulfone groups is 1. The van der Waals surface area contributed by atoms with Gasteiger partial charge in [0.05, 0.1) is 4.90 Å². The van der Waals surface area contributed by atoms with E-state index in [0.717, 1.165) is 6.26 Å². The predicted molar refractivity (Wildman–Crippen MR) is 65.0 cm³/mol. The molecule has 0 amide bonds. The zero-order chi connectivity index (χ0) is 13.9. The molecule has 0 radical (unpaired) electrons. The fourth-order valence-electron chi connectivity index (χ4n) is 1.49. The van der Waals surface area contributed by atoms with E-state index >= 15 is 0 Å². The van der Waals surface area contributed by atoms with Crippen molar-refractivity contribution in [3.8, 4) is 5.75 Å². The highest BCUT2D eigenvalue weighted by Gasteiger charge is 2.16. The fraction of sp³-hybridized carbons (Fsp3) is 0.364. The summed E-state index contributed by atoms with van der Waals surface area (Å²) in [5.41, 5.74) is 5.97. The second-order valence-electron chi connectivity index (χ2n) is 4.03. The highest BCUT2D eigenvalue weighted by molar-refractivity contribution is 7.90. The Kier molecular flexibility index (Phi) is 4.31. The molecule has 0 fully saturated rings. The average molecular weight is 273 g/mol. The largest absolute Gasteiger partial charge is 0.508 e. The second-order valence-corrected chi connectivity index (χ2v) is 6.05. The summed E-state index contributed by atoms with van der Waals surface area (Å²) in [6.07, 6.45) is 1.02. The van der Waals surface area contributed by atoms with Crippen LogP contribution in [0.1, 0.15) is 24.4 Å². The standard InChI is InChI=1S/C11H15NO5S/c1-18(16,17)7-2-4-10(13)8(6-7)9(12)3-5-11(14)15/h2,4,6,9,13H,3,5,12H2,1H3,(H,14,15). The summed E-state index contributed by atoms with van der Waals surface area (Å²) >= 11 is 0. The molecule has 0 spiro atoms. The zero-order valence-corrected chi connectivity index (χ0v) is 10.6. The summed E-state index contributed by atoms with van der Waals surface area (Å²) in [4.78, 5) is 10.5. The first-order valence-corrected chi connectivity index (χ1v) is 7.11. The van der Waals surface area contributed by atoms with E-state index in [1.54, 1.807) is 0 Å². The van der Waals surface area contributed by atoms with Crippen molar-refractivity contribution in [1.29, 1.82) is 0 Å². The first-order chi connectivity index (χ1) is 8.21. The van der Waals surface area contributed by atoms with Gasteiger partial charge in [-0.2, -0.15) is 0 Å². The highest BCUT2D eigenvalue weighted by atomic mass is 32.2. The molecule has 1 unspecified atom stereocenters. The van der Waals surface area contributed by atoms with Crippen molar-refractivity contribution in [2.24, 2.45) is 5.73 Å². The lowest BCUT2D eigenvalue weighted by Crippen LogP contribution is -2.13. The molecule has 1 aromatic carbocycles. The van der Waals surface area contributed by atoms with E-state index in [1.807, 2.05) is 0 Å². The van der Waals surface area contributed by atoms with Crippen molar-refractivity contribution in [2.75, 3.05) is 6.26 Å². The highest BCUT2D eigenvalue weighted by Crippen LogP contribution is 2.28. The van der Waals surface area contributed by atoms with Crippen LogP contribution in [0.15, 0.2) is 23.1 Å². The third-order valence-corrected chi connectivity index (χ3v) is 3.61. The number of phenolic OH excluding ortho intramolecular Hbond substituents is 1. The molecule has 0 bridgehead atoms. The molecule has 1 rings (SSSR count). The number of rotatable bonds is 5. The van der Waals surface area contributed by atoms with Gasteiger partial charge in [0.1, 0.15) is 5.75 Å². The summed E-state index contributed by atoms with van der Waals surface area (Å²) in [5, 5.41) is 18.2. The van der Waals surface area contributed by atoms with Crippen LogP contribution in [0.5, 0.6) is 5.75 Å². The van der Waals surface area contributed by atoms with Crippen LogP contribution >= 0.6 is 0 Å². The number of phenols is 1. The maximum atomic E-state index is 11.4. The molecule has 18 heavy (non-hydrogen) atoms. The van der Waals surface area contributed by atoms with Crippen LogP contribution in [0.2, 0.25) is 0 Å². The fourth-order valence-corrected chi connectivity index (χ4v) is 2.15. The number of carboxylic acid groups (broad SMARTS) is 1. The smallest absolute Gasteiger partial charge is 0.303 e. The molecule has 0 aromatic heterocycles. The minimum atomic E-state index is -3.39. The Morgan fingerprint density at radius 3 is 2.56 bits per heavy atom. The Hall–Kier alpha value is -1.60. The van der Waals surface area contributed by atoms with Gasteiger partial charge >= 0.3 is 5.97 Å². The molecule has 4 N–H and O–H groups in total. The van der Waals surface area contributed by atoms with Crippen molar-refractivity contribution in [2.45, 2.75) is 23.8 Å². The molecule has 100 valence electrons. The molecule has 0 saturated carbocycles. The summed E-state index contributed by atoms with van der Waals surface area (Å²) in [5.74, 6) is -1.13. The Labute approximate surface area is 105 Å². The molecule has 6 nitrogen and oxygen atoms in total. The first kappa shape index (κ1) is 14.5. The van der Waals surface area contributed by atoms with Crippen LogP contribution in [-0.4, -0.2) is 30.9 Å². The Morgan fingerprint density at radius 1 is 1.44 bits per heavy atom. The van der Waals surface area contributed by atoms with E-state index in [9.17, 15) is 18.3 Å². The summed E-state index contributed by atoms with van der Waals surface area (Å²) in [6, 6.07) is 3.07. The number of nitrogens with two attached hydrogens (primary N) is 1. The molecule has 7 heteroatoms. The molecular weight excluding hydrogens is 258 g/mol. The van der Waals surface area contributed by atoms with Crippen LogP contribution in [0.4, 0.5) is 0 Å². The predicted octanol–water partition coefficient (Wildman–Crippen LogP) is 0.660. The van der Waals surface area contributed by atoms with E-state index in [4.69, 9.17) is 10.8 Å². The van der Waals surface area contributed by atoms with Crippen molar-refractivity contribution in [3.05, 3.63) is 23.8 Å². The van der Waals surface area contributed by atoms with Gasteiger partial charge in [-0.05, 0) is 24.6 Å². The van der Waals surface area contributed by atoms with Crippen LogP contribution in [-0.2, 0) is 14.6 Å². The van der Waals surface area contributed by atoms with Gasteiger partial charge in [-0.15, -0.1) is 0 Å². The number of hydrogen-bond acceptors (Lipinski definition) is 5. The molecule has 0 aliphatic heterocycles. The van der Waals surface area contributed by atoms with Gasteiger partial charge in [-0.3, -0.25) is 4.79 Å². The van der Waals surface area contributed by atoms with Gasteiger partial charge in [0, 0.05) is 24.3 Å². The number of hydrogen-bond donors (Lipinski definition) is 3. The van der Waals surface area contributed by atoms with E-state index < -0.39 is 21.8 Å². The Balaban J connectivity index is 3.04. The molecule has 0 aliphatic rings. The van der Waals surface area contributed by atoms with Crippen LogP contribution in [0.3, 0.4) is 0 Å². The lowest BCUT2D eigenvalue weighted by atomic mass is 10.0. The van der Waals surface area contributed by atoms with Crippen molar-refractivity contribution in [1.82, 2.24) is 0 Å². The molecule has 0 saturated heterocycles. The van der Waals surface area contributed by atoms with E-state index in [0.29, 0.717) is 0 Å². The van der Waals surface area contributed by atoms with Crippen LogP contribution in [0, 0.1) is 0 Å². The number of carbonyl (C=O) groups is 1. The maximum absolute atomic E-state index is 11.4. The quantitative estimate of drug-likeness (QED) is 0.725. The number of benzene rings is 1. The third-order valence-electron chi connectivity index (χ3n) is 2.50. The number of carboxylic acids is 1. The normalized spacial score (nSPS) is 13.2. The van der Waals surface area contributed by atoms with E-state index in [2.05, 4.69) is 0 Å². The lowest BCUT2D eigenvalue weighted by Gasteiger charge is -2.13. The van der Waals surface area contributed by atoms with Crippen molar-refractivity contribution in [3.63, 3.8) is 0 Å². The summed E-state index contributed by atoms with van der Waals surface area (Å²) in [6.45, 7) is 0. The molecule has 1 aromatic rings. The van der Waals surface area contributed by atoms with Gasteiger partial charge < -0.3 is 15.9 Å². The molecule has 0 heterocycles. The van der Waals surface area contributed by atoms with Crippen LogP contribution < -0.4 is 5.73 Å². The van der Waals surface area contributed by atoms with Crippen molar-refractivity contribution < 1.29 is 23.4 Å². The van der Waals surface area contributed by atoms with Crippen LogP contribution in [0.25, 0.3) is 0 Å². The Bertz CT molecular complexity index is 553. The summed E-state index contributed by atoms with van der Waals surface area (Å²) in [7, 11) is -3.39. The minimum absolute atomic E-state index is 0.0427. The SMILES string of the molecule is CS(=O)(=O)c1ccc(O)c(C(N)CCC(=O)O)c1. The van der Waals surface area contributed by atoms with Gasteiger partial charge in [-0.1, -0.05) is 0 Å². The van der Waals surface area contributed by atoms with Gasteiger partial charge in [-0.25, -0.2) is 8.42 Å². The average Bonchev–Trinajstić information content (AvgIpc) is 2.24. The summed E-state index contributed by atoms with van der Waals surface area (Å²) < 4.78 is 22.7. The second kappa shape index (κ2) is 5.36. The zero-order valence-electron chi connectivity index (χ0n) is 9.83.